The van der Waals surface area contributed by atoms with Crippen molar-refractivity contribution in [2.45, 2.75) is 19.4 Å². The number of carbonyl (C=O) groups is 1. The van der Waals surface area contributed by atoms with Crippen LogP contribution < -0.4 is 4.90 Å². The molecule has 4 nitrogen and oxygen atoms in total. The van der Waals surface area contributed by atoms with Crippen molar-refractivity contribution >= 4 is 17.5 Å². The van der Waals surface area contributed by atoms with Gasteiger partial charge in [-0.1, -0.05) is 43.3 Å². The SMILES string of the molecule is CCC(O)COC(=O)N(c1ccccc1)c1ccccc1. The molecule has 1 atom stereocenters. The molecule has 0 saturated heterocycles. The maximum Gasteiger partial charge on any atom is 0.419 e. The molecule has 0 heterocycles. The Morgan fingerprint density at radius 3 is 1.95 bits per heavy atom. The van der Waals surface area contributed by atoms with E-state index in [0.717, 1.165) is 11.4 Å². The highest BCUT2D eigenvalue weighted by Gasteiger charge is 2.19. The summed E-state index contributed by atoms with van der Waals surface area (Å²) in [7, 11) is 0. The van der Waals surface area contributed by atoms with Crippen LogP contribution in [0.2, 0.25) is 0 Å². The highest BCUT2D eigenvalue weighted by molar-refractivity contribution is 5.95. The summed E-state index contributed by atoms with van der Waals surface area (Å²) in [6.45, 7) is 1.83. The quantitative estimate of drug-likeness (QED) is 0.910. The number of aliphatic hydroxyl groups is 1. The summed E-state index contributed by atoms with van der Waals surface area (Å²) in [6, 6.07) is 18.6. The zero-order valence-electron chi connectivity index (χ0n) is 12.0. The van der Waals surface area contributed by atoms with E-state index in [9.17, 15) is 9.90 Å². The molecule has 0 bridgehead atoms. The average molecular weight is 285 g/mol. The smallest absolute Gasteiger partial charge is 0.419 e. The summed E-state index contributed by atoms with van der Waals surface area (Å²) >= 11 is 0. The largest absolute Gasteiger partial charge is 0.446 e. The van der Waals surface area contributed by atoms with Gasteiger partial charge in [-0.15, -0.1) is 0 Å². The van der Waals surface area contributed by atoms with Crippen LogP contribution in [0.4, 0.5) is 16.2 Å². The molecule has 4 heteroatoms. The van der Waals surface area contributed by atoms with Crippen molar-refractivity contribution in [3.05, 3.63) is 60.7 Å². The van der Waals surface area contributed by atoms with E-state index in [4.69, 9.17) is 4.74 Å². The van der Waals surface area contributed by atoms with E-state index in [0.29, 0.717) is 6.42 Å². The molecule has 1 unspecified atom stereocenters. The predicted octanol–water partition coefficient (Wildman–Crippen LogP) is 3.73. The van der Waals surface area contributed by atoms with Gasteiger partial charge in [-0.3, -0.25) is 0 Å². The third kappa shape index (κ3) is 4.07. The van der Waals surface area contributed by atoms with Crippen LogP contribution in [0.1, 0.15) is 13.3 Å². The van der Waals surface area contributed by atoms with Crippen molar-refractivity contribution in [2.75, 3.05) is 11.5 Å². The third-order valence-electron chi connectivity index (χ3n) is 3.08. The fourth-order valence-electron chi connectivity index (χ4n) is 1.86. The van der Waals surface area contributed by atoms with Gasteiger partial charge in [0, 0.05) is 0 Å². The van der Waals surface area contributed by atoms with Crippen LogP contribution >= 0.6 is 0 Å². The topological polar surface area (TPSA) is 49.8 Å². The minimum Gasteiger partial charge on any atom is -0.446 e. The number of ether oxygens (including phenoxy) is 1. The van der Waals surface area contributed by atoms with Crippen LogP contribution in [0.25, 0.3) is 0 Å². The van der Waals surface area contributed by atoms with E-state index in [1.165, 1.54) is 4.90 Å². The van der Waals surface area contributed by atoms with Gasteiger partial charge >= 0.3 is 6.09 Å². The van der Waals surface area contributed by atoms with Crippen molar-refractivity contribution in [3.63, 3.8) is 0 Å². The molecule has 1 N–H and O–H groups in total. The molecule has 0 aliphatic rings. The summed E-state index contributed by atoms with van der Waals surface area (Å²) in [5, 5.41) is 9.53. The first kappa shape index (κ1) is 15.1. The molecule has 110 valence electrons. The second kappa shape index (κ2) is 7.45. The predicted molar refractivity (Wildman–Crippen MR) is 82.7 cm³/mol. The minimum absolute atomic E-state index is 0.00843. The number of hydrogen-bond donors (Lipinski definition) is 1. The van der Waals surface area contributed by atoms with Gasteiger partial charge in [-0.05, 0) is 30.7 Å². The number of rotatable bonds is 5. The monoisotopic (exact) mass is 285 g/mol. The first-order chi connectivity index (χ1) is 10.2. The summed E-state index contributed by atoms with van der Waals surface area (Å²) in [5.41, 5.74) is 1.44. The maximum absolute atomic E-state index is 12.4. The number of aliphatic hydroxyl groups excluding tert-OH is 1. The number of anilines is 2. The Morgan fingerprint density at radius 1 is 1.05 bits per heavy atom. The van der Waals surface area contributed by atoms with Crippen molar-refractivity contribution < 1.29 is 14.6 Å². The lowest BCUT2D eigenvalue weighted by Gasteiger charge is -2.23. The second-order valence-electron chi connectivity index (χ2n) is 4.65. The molecular formula is C17H19NO3. The first-order valence-electron chi connectivity index (χ1n) is 6.97. The second-order valence-corrected chi connectivity index (χ2v) is 4.65. The summed E-state index contributed by atoms with van der Waals surface area (Å²) in [5.74, 6) is 0. The number of benzene rings is 2. The van der Waals surface area contributed by atoms with Gasteiger partial charge in [0.05, 0.1) is 17.5 Å². The zero-order chi connectivity index (χ0) is 15.1. The van der Waals surface area contributed by atoms with E-state index < -0.39 is 12.2 Å². The van der Waals surface area contributed by atoms with Gasteiger partial charge in [-0.25, -0.2) is 9.69 Å². The standard InChI is InChI=1S/C17H19NO3/c1-2-16(19)13-21-17(20)18(14-9-5-3-6-10-14)15-11-7-4-8-12-15/h3-12,16,19H,2,13H2,1H3. The van der Waals surface area contributed by atoms with Crippen LogP contribution in [0.3, 0.4) is 0 Å². The number of hydrogen-bond acceptors (Lipinski definition) is 3. The van der Waals surface area contributed by atoms with E-state index in [2.05, 4.69) is 0 Å². The Kier molecular flexibility index (Phi) is 5.35. The summed E-state index contributed by atoms with van der Waals surface area (Å²) < 4.78 is 5.20. The Labute approximate surface area is 124 Å². The molecule has 0 spiro atoms. The lowest BCUT2D eigenvalue weighted by Crippen LogP contribution is -2.29. The fourth-order valence-corrected chi connectivity index (χ4v) is 1.86. The number of para-hydroxylation sites is 2. The summed E-state index contributed by atoms with van der Waals surface area (Å²) in [6.07, 6.45) is -0.591. The third-order valence-corrected chi connectivity index (χ3v) is 3.08. The molecule has 2 aromatic rings. The maximum atomic E-state index is 12.4. The zero-order valence-corrected chi connectivity index (χ0v) is 12.0. The van der Waals surface area contributed by atoms with Gasteiger partial charge in [0.25, 0.3) is 0 Å². The number of amides is 1. The Bertz CT molecular complexity index is 517. The van der Waals surface area contributed by atoms with E-state index in [-0.39, 0.29) is 6.61 Å². The average Bonchev–Trinajstić information content (AvgIpc) is 2.55. The first-order valence-corrected chi connectivity index (χ1v) is 6.97. The Morgan fingerprint density at radius 2 is 1.52 bits per heavy atom. The van der Waals surface area contributed by atoms with Crippen LogP contribution in [0.15, 0.2) is 60.7 Å². The van der Waals surface area contributed by atoms with Crippen molar-refractivity contribution in [1.82, 2.24) is 0 Å². The van der Waals surface area contributed by atoms with Crippen molar-refractivity contribution in [3.8, 4) is 0 Å². The summed E-state index contributed by atoms with van der Waals surface area (Å²) in [4.78, 5) is 13.8. The highest BCUT2D eigenvalue weighted by Crippen LogP contribution is 2.25. The number of nitrogens with zero attached hydrogens (tertiary/aromatic N) is 1. The molecule has 0 radical (unpaired) electrons. The van der Waals surface area contributed by atoms with Gasteiger partial charge in [-0.2, -0.15) is 0 Å². The molecule has 0 aromatic heterocycles. The van der Waals surface area contributed by atoms with Crippen molar-refractivity contribution in [2.24, 2.45) is 0 Å². The van der Waals surface area contributed by atoms with E-state index in [1.54, 1.807) is 0 Å². The molecule has 0 saturated carbocycles. The van der Waals surface area contributed by atoms with Crippen LogP contribution in [-0.4, -0.2) is 23.9 Å². The Hall–Kier alpha value is -2.33. The van der Waals surface area contributed by atoms with Gasteiger partial charge in [0.1, 0.15) is 6.61 Å². The molecule has 1 amide bonds. The molecule has 0 aliphatic carbocycles. The van der Waals surface area contributed by atoms with Crippen molar-refractivity contribution in [1.29, 1.82) is 0 Å². The lowest BCUT2D eigenvalue weighted by atomic mass is 10.2. The normalized spacial score (nSPS) is 11.7. The highest BCUT2D eigenvalue weighted by atomic mass is 16.6. The molecule has 0 aliphatic heterocycles. The minimum atomic E-state index is -0.637. The van der Waals surface area contributed by atoms with Gasteiger partial charge in [0.15, 0.2) is 0 Å². The van der Waals surface area contributed by atoms with E-state index in [1.807, 2.05) is 67.6 Å². The molecule has 2 rings (SSSR count). The molecular weight excluding hydrogens is 266 g/mol. The fraction of sp³-hybridized carbons (Fsp3) is 0.235. The van der Waals surface area contributed by atoms with Crippen LogP contribution in [0.5, 0.6) is 0 Å². The molecule has 0 fully saturated rings. The van der Waals surface area contributed by atoms with Crippen LogP contribution in [-0.2, 0) is 4.74 Å². The molecule has 2 aromatic carbocycles. The van der Waals surface area contributed by atoms with E-state index >= 15 is 0 Å². The van der Waals surface area contributed by atoms with Gasteiger partial charge in [0.2, 0.25) is 0 Å². The van der Waals surface area contributed by atoms with Gasteiger partial charge < -0.3 is 9.84 Å². The lowest BCUT2D eigenvalue weighted by molar-refractivity contribution is 0.0709. The Balaban J connectivity index is 2.23. The van der Waals surface area contributed by atoms with Crippen LogP contribution in [0, 0.1) is 0 Å². The number of carbonyl (C=O) groups excluding carboxylic acids is 1. The molecule has 21 heavy (non-hydrogen) atoms.